The highest BCUT2D eigenvalue weighted by atomic mass is 32.2. The molecule has 1 amide bonds. The summed E-state index contributed by atoms with van der Waals surface area (Å²) in [6.45, 7) is 7.58. The van der Waals surface area contributed by atoms with Gasteiger partial charge in [0.15, 0.2) is 0 Å². The van der Waals surface area contributed by atoms with E-state index in [0.717, 1.165) is 4.90 Å². The Bertz CT molecular complexity index is 359. The molecule has 0 bridgehead atoms. The summed E-state index contributed by atoms with van der Waals surface area (Å²) in [5.41, 5.74) is 0. The number of piperidine rings is 1. The monoisotopic (exact) mass is 294 g/mol. The Morgan fingerprint density at radius 1 is 1.53 bits per heavy atom. The third kappa shape index (κ3) is 4.42. The van der Waals surface area contributed by atoms with Gasteiger partial charge in [-0.3, -0.25) is 0 Å². The number of carboxylic acid groups (broad SMARTS) is 1. The summed E-state index contributed by atoms with van der Waals surface area (Å²) in [5, 5.41) is 8.83. The van der Waals surface area contributed by atoms with Gasteiger partial charge in [0.05, 0.1) is 22.3 Å². The van der Waals surface area contributed by atoms with Gasteiger partial charge in [0.25, 0.3) is 0 Å². The van der Waals surface area contributed by atoms with Crippen LogP contribution in [0.1, 0.15) is 34.1 Å². The molecule has 0 aromatic rings. The number of hydrogen-bond acceptors (Lipinski definition) is 2. The van der Waals surface area contributed by atoms with Crippen LogP contribution in [0.15, 0.2) is 0 Å². The Hall–Kier alpha value is -0.690. The molecule has 1 rings (SSSR count). The lowest BCUT2D eigenvalue weighted by Gasteiger charge is -2.36. The van der Waals surface area contributed by atoms with Gasteiger partial charge >= 0.3 is 6.09 Å². The number of halogens is 1. The van der Waals surface area contributed by atoms with Crippen molar-refractivity contribution in [1.82, 2.24) is 9.62 Å². The highest BCUT2D eigenvalue weighted by molar-refractivity contribution is 7.84. The van der Waals surface area contributed by atoms with E-state index >= 15 is 0 Å². The van der Waals surface area contributed by atoms with Gasteiger partial charge in [-0.2, -0.15) is 0 Å². The summed E-state index contributed by atoms with van der Waals surface area (Å²) < 4.78 is 28.5. The molecular formula is C12H23FN2O3S. The highest BCUT2D eigenvalue weighted by Crippen LogP contribution is 2.25. The van der Waals surface area contributed by atoms with Gasteiger partial charge in [-0.15, -0.1) is 0 Å². The molecule has 1 fully saturated rings. The number of carbonyl (C=O) groups is 1. The Kier molecular flexibility index (Phi) is 5.32. The van der Waals surface area contributed by atoms with E-state index < -0.39 is 28.0 Å². The zero-order valence-corrected chi connectivity index (χ0v) is 12.7. The van der Waals surface area contributed by atoms with Crippen molar-refractivity contribution in [3.8, 4) is 0 Å². The zero-order valence-electron chi connectivity index (χ0n) is 11.9. The third-order valence-corrected chi connectivity index (χ3v) is 5.05. The maximum atomic E-state index is 14.0. The number of nitrogens with zero attached hydrogens (tertiary/aromatic N) is 1. The average molecular weight is 294 g/mol. The maximum Gasteiger partial charge on any atom is 0.407 e. The molecule has 1 saturated heterocycles. The SMILES string of the molecule is C[C@H](NS(=O)C(C)(C)C)[C@H]1CCN(C(=O)O)C[C@H]1F. The van der Waals surface area contributed by atoms with Crippen LogP contribution in [-0.4, -0.2) is 50.4 Å². The van der Waals surface area contributed by atoms with Crippen molar-refractivity contribution in [1.29, 1.82) is 0 Å². The first-order valence-corrected chi connectivity index (χ1v) is 7.58. The predicted octanol–water partition coefficient (Wildman–Crippen LogP) is 1.76. The number of amides is 1. The lowest BCUT2D eigenvalue weighted by Crippen LogP contribution is -2.51. The van der Waals surface area contributed by atoms with Crippen LogP contribution in [0.5, 0.6) is 0 Å². The van der Waals surface area contributed by atoms with Crippen LogP contribution in [0.25, 0.3) is 0 Å². The van der Waals surface area contributed by atoms with Gasteiger partial charge in [-0.05, 0) is 34.1 Å². The molecule has 112 valence electrons. The van der Waals surface area contributed by atoms with Crippen LogP contribution in [0.3, 0.4) is 0 Å². The van der Waals surface area contributed by atoms with Crippen molar-refractivity contribution in [3.63, 3.8) is 0 Å². The molecule has 1 unspecified atom stereocenters. The van der Waals surface area contributed by atoms with Gasteiger partial charge < -0.3 is 10.0 Å². The molecule has 1 aliphatic heterocycles. The first kappa shape index (κ1) is 16.4. The maximum absolute atomic E-state index is 14.0. The van der Waals surface area contributed by atoms with Crippen LogP contribution < -0.4 is 4.72 Å². The average Bonchev–Trinajstić information content (AvgIpc) is 2.26. The van der Waals surface area contributed by atoms with Crippen molar-refractivity contribution < 1.29 is 18.5 Å². The van der Waals surface area contributed by atoms with Crippen molar-refractivity contribution >= 4 is 17.1 Å². The molecule has 0 aromatic heterocycles. The van der Waals surface area contributed by atoms with E-state index in [9.17, 15) is 13.4 Å². The number of likely N-dealkylation sites (tertiary alicyclic amines) is 1. The van der Waals surface area contributed by atoms with Crippen molar-refractivity contribution in [2.24, 2.45) is 5.92 Å². The second-order valence-corrected chi connectivity index (χ2v) is 7.98. The number of rotatable bonds is 3. The molecular weight excluding hydrogens is 271 g/mol. The molecule has 5 nitrogen and oxygen atoms in total. The summed E-state index contributed by atoms with van der Waals surface area (Å²) in [6, 6.07) is -0.244. The quantitative estimate of drug-likeness (QED) is 0.833. The van der Waals surface area contributed by atoms with Gasteiger partial charge in [-0.1, -0.05) is 0 Å². The largest absolute Gasteiger partial charge is 0.465 e. The van der Waals surface area contributed by atoms with Gasteiger partial charge in [0, 0.05) is 18.5 Å². The molecule has 0 radical (unpaired) electrons. The Balaban J connectivity index is 2.57. The summed E-state index contributed by atoms with van der Waals surface area (Å²) in [7, 11) is -1.25. The fraction of sp³-hybridized carbons (Fsp3) is 0.917. The third-order valence-electron chi connectivity index (χ3n) is 3.35. The van der Waals surface area contributed by atoms with E-state index in [1.54, 1.807) is 6.92 Å². The van der Waals surface area contributed by atoms with Crippen LogP contribution in [0.4, 0.5) is 9.18 Å². The fourth-order valence-corrected chi connectivity index (χ4v) is 2.96. The van der Waals surface area contributed by atoms with Crippen LogP contribution in [-0.2, 0) is 11.0 Å². The lowest BCUT2D eigenvalue weighted by molar-refractivity contribution is 0.0665. The summed E-state index contributed by atoms with van der Waals surface area (Å²) >= 11 is 0. The molecule has 0 aliphatic carbocycles. The normalized spacial score (nSPS) is 27.9. The van der Waals surface area contributed by atoms with E-state index in [4.69, 9.17) is 5.11 Å². The van der Waals surface area contributed by atoms with Gasteiger partial charge in [0.2, 0.25) is 0 Å². The molecule has 2 N–H and O–H groups in total. The van der Waals surface area contributed by atoms with Gasteiger partial charge in [-0.25, -0.2) is 18.1 Å². The second-order valence-electron chi connectivity index (χ2n) is 5.98. The second kappa shape index (κ2) is 6.17. The van der Waals surface area contributed by atoms with E-state index in [0.29, 0.717) is 13.0 Å². The highest BCUT2D eigenvalue weighted by Gasteiger charge is 2.36. The van der Waals surface area contributed by atoms with E-state index in [1.165, 1.54) is 0 Å². The van der Waals surface area contributed by atoms with E-state index in [2.05, 4.69) is 4.72 Å². The molecule has 0 spiro atoms. The van der Waals surface area contributed by atoms with Crippen LogP contribution >= 0.6 is 0 Å². The Morgan fingerprint density at radius 3 is 2.53 bits per heavy atom. The first-order chi connectivity index (χ1) is 8.62. The number of nitrogens with one attached hydrogen (secondary N) is 1. The number of hydrogen-bond donors (Lipinski definition) is 2. The Morgan fingerprint density at radius 2 is 2.11 bits per heavy atom. The minimum Gasteiger partial charge on any atom is -0.465 e. The molecule has 0 saturated carbocycles. The Labute approximate surface area is 116 Å². The first-order valence-electron chi connectivity index (χ1n) is 6.43. The van der Waals surface area contributed by atoms with Crippen LogP contribution in [0.2, 0.25) is 0 Å². The molecule has 7 heteroatoms. The summed E-state index contributed by atoms with van der Waals surface area (Å²) in [4.78, 5) is 11.9. The summed E-state index contributed by atoms with van der Waals surface area (Å²) in [5.74, 6) is -0.304. The lowest BCUT2D eigenvalue weighted by atomic mass is 9.89. The van der Waals surface area contributed by atoms with Crippen molar-refractivity contribution in [2.75, 3.05) is 13.1 Å². The molecule has 1 aliphatic rings. The molecule has 0 aromatic carbocycles. The fourth-order valence-electron chi connectivity index (χ4n) is 2.09. The molecule has 4 atom stereocenters. The van der Waals surface area contributed by atoms with E-state index in [1.807, 2.05) is 20.8 Å². The topological polar surface area (TPSA) is 69.6 Å². The van der Waals surface area contributed by atoms with Gasteiger partial charge in [0.1, 0.15) is 6.17 Å². The van der Waals surface area contributed by atoms with Crippen molar-refractivity contribution in [2.45, 2.75) is 51.1 Å². The minimum absolute atomic E-state index is 0.103. The van der Waals surface area contributed by atoms with Crippen molar-refractivity contribution in [3.05, 3.63) is 0 Å². The molecule has 1 heterocycles. The number of alkyl halides is 1. The van der Waals surface area contributed by atoms with E-state index in [-0.39, 0.29) is 18.5 Å². The standard InChI is InChI=1S/C12H23FN2O3S/c1-8(14-19(18)12(2,3)4)9-5-6-15(11(16)17)7-10(9)13/h8-10,14H,5-7H2,1-4H3,(H,16,17)/t8-,9+,10+,19?/m0/s1. The predicted molar refractivity (Wildman–Crippen MR) is 73.1 cm³/mol. The smallest absolute Gasteiger partial charge is 0.407 e. The molecule has 19 heavy (non-hydrogen) atoms. The zero-order chi connectivity index (χ0) is 14.8. The summed E-state index contributed by atoms with van der Waals surface area (Å²) in [6.07, 6.45) is -1.85. The van der Waals surface area contributed by atoms with Crippen LogP contribution in [0, 0.1) is 5.92 Å². The minimum atomic E-state index is -1.25.